The monoisotopic (exact) mass is 1010 g/mol. The summed E-state index contributed by atoms with van der Waals surface area (Å²) in [5.41, 5.74) is 19.5. The van der Waals surface area contributed by atoms with Crippen molar-refractivity contribution in [2.45, 2.75) is 55.4 Å². The van der Waals surface area contributed by atoms with Crippen molar-refractivity contribution in [1.82, 2.24) is 0 Å². The van der Waals surface area contributed by atoms with Crippen LogP contribution in [0.25, 0.3) is 87.3 Å². The molecule has 3 heteroatoms. The molecule has 0 aliphatic heterocycles. The van der Waals surface area contributed by atoms with Gasteiger partial charge in [-0.2, -0.15) is 0 Å². The maximum absolute atomic E-state index is 4.91. The first-order valence-electron chi connectivity index (χ1n) is 26.3. The van der Waals surface area contributed by atoms with Gasteiger partial charge in [-0.05, 0) is 130 Å². The van der Waals surface area contributed by atoms with Gasteiger partial charge in [-0.25, -0.2) is 0 Å². The summed E-state index contributed by atoms with van der Waals surface area (Å²) in [5, 5.41) is 8.22. The van der Waals surface area contributed by atoms with Crippen LogP contribution >= 0.6 is 15.7 Å². The Kier molecular flexibility index (Phi) is 18.4. The molecule has 1 atom stereocenters. The fourth-order valence-electron chi connectivity index (χ4n) is 9.56. The highest BCUT2D eigenvalue weighted by molar-refractivity contribution is 7.68. The van der Waals surface area contributed by atoms with Crippen LogP contribution in [0.4, 0.5) is 0 Å². The number of aliphatic imine (C=N–C) groups is 1. The molecule has 0 bridgehead atoms. The van der Waals surface area contributed by atoms with Crippen LogP contribution in [0.15, 0.2) is 260 Å². The molecule has 1 aromatic heterocycles. The second-order valence-corrected chi connectivity index (χ2v) is 21.4. The summed E-state index contributed by atoms with van der Waals surface area (Å²) in [6.07, 6.45) is 0. The molecule has 0 N–H and O–H groups in total. The number of hydrogen-bond acceptors (Lipinski definition) is 0. The second kappa shape index (κ2) is 25.8. The molecule has 0 spiro atoms. The van der Waals surface area contributed by atoms with Crippen LogP contribution in [-0.2, 0) is 0 Å². The van der Waals surface area contributed by atoms with E-state index in [1.54, 1.807) is 0 Å². The Morgan fingerprint density at radius 2 is 0.867 bits per heavy atom. The lowest BCUT2D eigenvalue weighted by Crippen LogP contribution is -1.98. The molecule has 0 aliphatic rings. The number of hydrogen-bond donors (Lipinski definition) is 0. The predicted octanol–water partition coefficient (Wildman–Crippen LogP) is 22.2. The van der Waals surface area contributed by atoms with E-state index >= 15 is 0 Å². The molecule has 1 unspecified atom stereocenters. The highest BCUT2D eigenvalue weighted by atomic mass is 31.1. The normalized spacial score (nSPS) is 11.0. The van der Waals surface area contributed by atoms with Crippen molar-refractivity contribution < 1.29 is 0 Å². The van der Waals surface area contributed by atoms with Gasteiger partial charge in [0.25, 0.3) is 0 Å². The Labute approximate surface area is 449 Å². The van der Waals surface area contributed by atoms with Crippen LogP contribution in [0.3, 0.4) is 0 Å². The summed E-state index contributed by atoms with van der Waals surface area (Å²) in [6.45, 7) is 21.0. The molecule has 0 saturated heterocycles. The van der Waals surface area contributed by atoms with Gasteiger partial charge in [-0.1, -0.05) is 284 Å². The summed E-state index contributed by atoms with van der Waals surface area (Å²) in [6, 6.07) is 89.3. The number of benzene rings is 10. The van der Waals surface area contributed by atoms with Gasteiger partial charge < -0.3 is 0 Å². The van der Waals surface area contributed by atoms with E-state index in [2.05, 4.69) is 263 Å². The van der Waals surface area contributed by atoms with Crippen molar-refractivity contribution in [1.29, 1.82) is 0 Å². The molecule has 0 amide bonds. The minimum absolute atomic E-state index is 0.616. The lowest BCUT2D eigenvalue weighted by Gasteiger charge is -2.13. The summed E-state index contributed by atoms with van der Waals surface area (Å²) in [5.74, 6) is 0. The quantitative estimate of drug-likeness (QED) is 0.0956. The average molecular weight is 1010 g/mol. The molecule has 11 rings (SSSR count). The van der Waals surface area contributed by atoms with Crippen LogP contribution in [0, 0.1) is 13.8 Å². The predicted molar refractivity (Wildman–Crippen MR) is 337 cm³/mol. The van der Waals surface area contributed by atoms with Gasteiger partial charge in [0.2, 0.25) is 0 Å². The lowest BCUT2D eigenvalue weighted by atomic mass is 9.94. The first-order chi connectivity index (χ1) is 36.8. The van der Waals surface area contributed by atoms with Gasteiger partial charge in [-0.3, -0.25) is 4.99 Å². The van der Waals surface area contributed by atoms with Gasteiger partial charge in [0.05, 0.1) is 5.42 Å². The molecule has 10 aromatic carbocycles. The zero-order valence-electron chi connectivity index (χ0n) is 44.7. The largest absolute Gasteiger partial charge is 0.253 e. The summed E-state index contributed by atoms with van der Waals surface area (Å²) in [4.78, 5) is 4.91. The third-order valence-electron chi connectivity index (χ3n) is 13.1. The van der Waals surface area contributed by atoms with E-state index in [0.717, 1.165) is 35.8 Å². The third kappa shape index (κ3) is 12.4. The second-order valence-electron chi connectivity index (χ2n) is 18.1. The van der Waals surface area contributed by atoms with E-state index in [-0.39, 0.29) is 0 Å². The SMILES string of the molecule is C=C(P=C(N=C(C)C)c1ccc(-c2ccccc2-c2ccccc2)cc1)c1ccc(-c2ccccc2)cc1.CC.CC.Cc1ccccc1-c1ccc2c3ccccc3p(-c3cccc(-c4ccccc4)c3)c2c1C. The summed E-state index contributed by atoms with van der Waals surface area (Å²) < 4.78 is 0. The van der Waals surface area contributed by atoms with Gasteiger partial charge >= 0.3 is 0 Å². The Bertz CT molecular complexity index is 3710. The smallest absolute Gasteiger partial charge is 0.0973 e. The van der Waals surface area contributed by atoms with Crippen LogP contribution < -0.4 is 0 Å². The number of rotatable bonds is 10. The van der Waals surface area contributed by atoms with Crippen molar-refractivity contribution in [3.63, 3.8) is 0 Å². The first-order valence-corrected chi connectivity index (χ1v) is 28.5. The van der Waals surface area contributed by atoms with Crippen molar-refractivity contribution in [2.24, 2.45) is 4.99 Å². The van der Waals surface area contributed by atoms with Gasteiger partial charge in [-0.15, -0.1) is 0 Å². The van der Waals surface area contributed by atoms with E-state index in [4.69, 9.17) is 4.99 Å². The Morgan fingerprint density at radius 3 is 1.47 bits per heavy atom. The third-order valence-corrected chi connectivity index (χ3v) is 16.9. The highest BCUT2D eigenvalue weighted by Crippen LogP contribution is 2.57. The van der Waals surface area contributed by atoms with Crippen LogP contribution in [0.2, 0.25) is 0 Å². The van der Waals surface area contributed by atoms with Gasteiger partial charge in [0, 0.05) is 26.8 Å². The van der Waals surface area contributed by atoms with Crippen LogP contribution in [-0.4, -0.2) is 11.1 Å². The fraction of sp³-hybridized carbons (Fsp3) is 0.111. The standard InChI is InChI=1S/C36H30NP.C32H25P.2C2H6/c1-26(2)37-36(38-27(3)28-18-20-30(21-19-28)29-12-6-4-7-13-29)33-24-22-32(23-25-33)35-17-11-10-16-34(35)31-14-8-5-9-15-31;1-22-11-6-7-16-27(22)28-19-20-30-29-17-8-9-18-31(29)33(32(30)23(28)2)26-15-10-14-25(21-26)24-12-4-3-5-13-24;2*1-2/h4-25H,3H2,1-2H3;3-21H,1-2H3;2*1-2H3. The van der Waals surface area contributed by atoms with E-state index in [1.807, 2.05) is 47.6 Å². The molecule has 1 nitrogen and oxygen atoms in total. The van der Waals surface area contributed by atoms with E-state index in [1.165, 1.54) is 93.1 Å². The fourth-order valence-corrected chi connectivity index (χ4v) is 13.5. The van der Waals surface area contributed by atoms with E-state index < -0.39 is 7.53 Å². The van der Waals surface area contributed by atoms with Gasteiger partial charge in [0.1, 0.15) is 0 Å². The van der Waals surface area contributed by atoms with Crippen molar-refractivity contribution in [3.8, 4) is 60.9 Å². The molecule has 1 heterocycles. The van der Waals surface area contributed by atoms with Crippen LogP contribution in [0.5, 0.6) is 0 Å². The van der Waals surface area contributed by atoms with Crippen LogP contribution in [0.1, 0.15) is 63.8 Å². The maximum atomic E-state index is 4.91. The number of nitrogens with zero attached hydrogens (tertiary/aromatic N) is 1. The molecule has 0 aliphatic carbocycles. The van der Waals surface area contributed by atoms with E-state index in [9.17, 15) is 0 Å². The molecule has 11 aromatic rings. The lowest BCUT2D eigenvalue weighted by molar-refractivity contribution is 1.44. The average Bonchev–Trinajstić information content (AvgIpc) is 3.82. The molecular formula is C72H67NP2. The van der Waals surface area contributed by atoms with Crippen molar-refractivity contribution in [2.75, 3.05) is 0 Å². The molecule has 0 fully saturated rings. The van der Waals surface area contributed by atoms with Gasteiger partial charge in [0.15, 0.2) is 0 Å². The highest BCUT2D eigenvalue weighted by Gasteiger charge is 2.19. The first kappa shape index (κ1) is 53.4. The minimum Gasteiger partial charge on any atom is -0.253 e. The Hall–Kier alpha value is -7.92. The number of aryl methyl sites for hydroxylation is 2. The summed E-state index contributed by atoms with van der Waals surface area (Å²) in [7, 11) is 0.384. The maximum Gasteiger partial charge on any atom is 0.0973 e. The van der Waals surface area contributed by atoms with Crippen molar-refractivity contribution in [3.05, 3.63) is 278 Å². The zero-order valence-corrected chi connectivity index (χ0v) is 46.5. The number of fused-ring (bicyclic) bond motifs is 3. The molecule has 0 radical (unpaired) electrons. The Balaban J connectivity index is 0.000000188. The molecule has 0 saturated carbocycles. The zero-order chi connectivity index (χ0) is 52.7. The van der Waals surface area contributed by atoms with E-state index in [0.29, 0.717) is 0 Å². The van der Waals surface area contributed by atoms with Crippen molar-refractivity contribution >= 4 is 53.2 Å². The molecule has 75 heavy (non-hydrogen) atoms. The Morgan fingerprint density at radius 1 is 0.400 bits per heavy atom. The minimum atomic E-state index is -0.616. The molecular weight excluding hydrogens is 941 g/mol. The molecule has 370 valence electrons. The topological polar surface area (TPSA) is 12.4 Å². The summed E-state index contributed by atoms with van der Waals surface area (Å²) >= 11 is 0.